The minimum Gasteiger partial charge on any atom is -0.490 e. The number of piperidine rings is 1. The highest BCUT2D eigenvalue weighted by Gasteiger charge is 2.30. The van der Waals surface area contributed by atoms with Gasteiger partial charge in [0.2, 0.25) is 5.91 Å². The number of benzene rings is 2. The summed E-state index contributed by atoms with van der Waals surface area (Å²) >= 11 is 0. The maximum absolute atomic E-state index is 13.2. The number of carbonyl (C=O) groups is 2. The number of rotatable bonds is 9. The molecular formula is C28H38N2O4. The van der Waals surface area contributed by atoms with Crippen molar-refractivity contribution in [1.82, 2.24) is 10.2 Å². The molecule has 3 rings (SSSR count). The van der Waals surface area contributed by atoms with Crippen molar-refractivity contribution in [3.8, 4) is 11.5 Å². The Labute approximate surface area is 203 Å². The number of hydrogen-bond acceptors (Lipinski definition) is 4. The SMILES string of the molecule is CCOc1ccc(C(NC(=O)C2CCN(C(=O)c3ccccc3C)CC2)C(C)C)cc1OCC. The van der Waals surface area contributed by atoms with Crippen LogP contribution in [-0.2, 0) is 4.79 Å². The first kappa shape index (κ1) is 25.6. The van der Waals surface area contributed by atoms with E-state index >= 15 is 0 Å². The van der Waals surface area contributed by atoms with Gasteiger partial charge in [0, 0.05) is 24.6 Å². The predicted octanol–water partition coefficient (Wildman–Crippen LogP) is 5.16. The monoisotopic (exact) mass is 466 g/mol. The fraction of sp³-hybridized carbons (Fsp3) is 0.500. The molecule has 1 fully saturated rings. The molecule has 1 atom stereocenters. The number of hydrogen-bond donors (Lipinski definition) is 1. The zero-order valence-electron chi connectivity index (χ0n) is 21.1. The lowest BCUT2D eigenvalue weighted by molar-refractivity contribution is -0.127. The van der Waals surface area contributed by atoms with Crippen LogP contribution in [0.3, 0.4) is 0 Å². The van der Waals surface area contributed by atoms with Gasteiger partial charge in [-0.2, -0.15) is 0 Å². The van der Waals surface area contributed by atoms with Gasteiger partial charge in [-0.05, 0) is 68.9 Å². The lowest BCUT2D eigenvalue weighted by Gasteiger charge is -2.33. The topological polar surface area (TPSA) is 67.9 Å². The van der Waals surface area contributed by atoms with Crippen LogP contribution in [-0.4, -0.2) is 43.0 Å². The average molecular weight is 467 g/mol. The molecule has 184 valence electrons. The van der Waals surface area contributed by atoms with E-state index in [0.717, 1.165) is 16.7 Å². The van der Waals surface area contributed by atoms with Crippen molar-refractivity contribution in [3.05, 3.63) is 59.2 Å². The third-order valence-electron chi connectivity index (χ3n) is 6.42. The van der Waals surface area contributed by atoms with Crippen molar-refractivity contribution >= 4 is 11.8 Å². The van der Waals surface area contributed by atoms with Crippen LogP contribution in [0.5, 0.6) is 11.5 Å². The van der Waals surface area contributed by atoms with Gasteiger partial charge in [0.1, 0.15) is 0 Å². The lowest BCUT2D eigenvalue weighted by Crippen LogP contribution is -2.44. The molecule has 2 amide bonds. The molecule has 0 aromatic heterocycles. The van der Waals surface area contributed by atoms with Crippen LogP contribution < -0.4 is 14.8 Å². The molecule has 2 aromatic rings. The fourth-order valence-corrected chi connectivity index (χ4v) is 4.50. The highest BCUT2D eigenvalue weighted by atomic mass is 16.5. The Bertz CT molecular complexity index is 980. The summed E-state index contributed by atoms with van der Waals surface area (Å²) in [6.45, 7) is 12.3. The van der Waals surface area contributed by atoms with Crippen molar-refractivity contribution in [3.63, 3.8) is 0 Å². The molecule has 0 bridgehead atoms. The van der Waals surface area contributed by atoms with E-state index in [2.05, 4.69) is 19.2 Å². The van der Waals surface area contributed by atoms with Gasteiger partial charge < -0.3 is 19.7 Å². The van der Waals surface area contributed by atoms with Gasteiger partial charge in [0.25, 0.3) is 5.91 Å². The van der Waals surface area contributed by atoms with Gasteiger partial charge in [-0.15, -0.1) is 0 Å². The van der Waals surface area contributed by atoms with Gasteiger partial charge in [0.05, 0.1) is 19.3 Å². The summed E-state index contributed by atoms with van der Waals surface area (Å²) in [7, 11) is 0. The summed E-state index contributed by atoms with van der Waals surface area (Å²) < 4.78 is 11.5. The molecule has 0 saturated carbocycles. The van der Waals surface area contributed by atoms with Crippen molar-refractivity contribution in [2.45, 2.75) is 53.5 Å². The maximum atomic E-state index is 13.2. The molecule has 0 radical (unpaired) electrons. The van der Waals surface area contributed by atoms with E-state index < -0.39 is 0 Å². The van der Waals surface area contributed by atoms with Crippen LogP contribution in [0.1, 0.15) is 68.1 Å². The van der Waals surface area contributed by atoms with Crippen LogP contribution in [0.15, 0.2) is 42.5 Å². The third kappa shape index (κ3) is 6.10. The molecule has 0 aliphatic carbocycles. The standard InChI is InChI=1S/C28H38N2O4/c1-6-33-24-13-12-22(18-25(24)34-7-2)26(19(3)4)29-27(31)21-14-16-30(17-15-21)28(32)23-11-9-8-10-20(23)5/h8-13,18-19,21,26H,6-7,14-17H2,1-5H3,(H,29,31). The fourth-order valence-electron chi connectivity index (χ4n) is 4.50. The maximum Gasteiger partial charge on any atom is 0.254 e. The summed E-state index contributed by atoms with van der Waals surface area (Å²) in [5, 5.41) is 3.27. The minimum atomic E-state index is -0.131. The Morgan fingerprint density at radius 2 is 1.65 bits per heavy atom. The Morgan fingerprint density at radius 3 is 2.26 bits per heavy atom. The highest BCUT2D eigenvalue weighted by molar-refractivity contribution is 5.95. The van der Waals surface area contributed by atoms with Crippen LogP contribution in [0.4, 0.5) is 0 Å². The van der Waals surface area contributed by atoms with E-state index in [9.17, 15) is 9.59 Å². The van der Waals surface area contributed by atoms with Crippen LogP contribution in [0.2, 0.25) is 0 Å². The smallest absolute Gasteiger partial charge is 0.254 e. The summed E-state index contributed by atoms with van der Waals surface area (Å²) in [4.78, 5) is 28.0. The van der Waals surface area contributed by atoms with Gasteiger partial charge >= 0.3 is 0 Å². The minimum absolute atomic E-state index is 0.0496. The van der Waals surface area contributed by atoms with E-state index in [1.165, 1.54) is 0 Å². The van der Waals surface area contributed by atoms with Crippen molar-refractivity contribution < 1.29 is 19.1 Å². The van der Waals surface area contributed by atoms with E-state index in [0.29, 0.717) is 50.6 Å². The molecule has 1 unspecified atom stereocenters. The highest BCUT2D eigenvalue weighted by Crippen LogP contribution is 2.33. The summed E-state index contributed by atoms with van der Waals surface area (Å²) in [5.74, 6) is 1.62. The molecule has 1 N–H and O–H groups in total. The van der Waals surface area contributed by atoms with Crippen molar-refractivity contribution in [1.29, 1.82) is 0 Å². The Balaban J connectivity index is 1.65. The van der Waals surface area contributed by atoms with E-state index in [1.54, 1.807) is 0 Å². The molecule has 34 heavy (non-hydrogen) atoms. The number of nitrogens with one attached hydrogen (secondary N) is 1. The summed E-state index contributed by atoms with van der Waals surface area (Å²) in [6, 6.07) is 13.4. The Kier molecular flexibility index (Phi) is 8.97. The molecule has 2 aromatic carbocycles. The molecule has 6 nitrogen and oxygen atoms in total. The molecule has 6 heteroatoms. The first-order chi connectivity index (χ1) is 16.3. The first-order valence-corrected chi connectivity index (χ1v) is 12.4. The molecule has 1 saturated heterocycles. The van der Waals surface area contributed by atoms with Gasteiger partial charge in [-0.25, -0.2) is 0 Å². The number of likely N-dealkylation sites (tertiary alicyclic amines) is 1. The molecule has 1 aliphatic heterocycles. The van der Waals surface area contributed by atoms with Gasteiger partial charge in [-0.1, -0.05) is 38.1 Å². The van der Waals surface area contributed by atoms with E-state index in [1.807, 2.05) is 68.1 Å². The zero-order chi connectivity index (χ0) is 24.7. The van der Waals surface area contributed by atoms with Crippen LogP contribution in [0, 0.1) is 18.8 Å². The quantitative estimate of drug-likeness (QED) is 0.554. The number of nitrogens with zero attached hydrogens (tertiary/aromatic N) is 1. The second-order valence-electron chi connectivity index (χ2n) is 9.18. The second kappa shape index (κ2) is 11.9. The number of aryl methyl sites for hydroxylation is 1. The van der Waals surface area contributed by atoms with Crippen LogP contribution in [0.25, 0.3) is 0 Å². The summed E-state index contributed by atoms with van der Waals surface area (Å²) in [6.07, 6.45) is 1.34. The number of amides is 2. The first-order valence-electron chi connectivity index (χ1n) is 12.4. The zero-order valence-corrected chi connectivity index (χ0v) is 21.1. The third-order valence-corrected chi connectivity index (χ3v) is 6.42. The van der Waals surface area contributed by atoms with E-state index in [-0.39, 0.29) is 29.7 Å². The number of carbonyl (C=O) groups excluding carboxylic acids is 2. The predicted molar refractivity (Wildman–Crippen MR) is 134 cm³/mol. The summed E-state index contributed by atoms with van der Waals surface area (Å²) in [5.41, 5.74) is 2.72. The average Bonchev–Trinajstić information content (AvgIpc) is 2.83. The van der Waals surface area contributed by atoms with Crippen LogP contribution >= 0.6 is 0 Å². The molecular weight excluding hydrogens is 428 g/mol. The van der Waals surface area contributed by atoms with Gasteiger partial charge in [0.15, 0.2) is 11.5 Å². The van der Waals surface area contributed by atoms with Crippen molar-refractivity contribution in [2.75, 3.05) is 26.3 Å². The molecule has 1 aliphatic rings. The second-order valence-corrected chi connectivity index (χ2v) is 9.18. The Hall–Kier alpha value is -3.02. The number of ether oxygens (including phenoxy) is 2. The Morgan fingerprint density at radius 1 is 1.00 bits per heavy atom. The van der Waals surface area contributed by atoms with Crippen molar-refractivity contribution in [2.24, 2.45) is 11.8 Å². The normalized spacial score (nSPS) is 15.2. The lowest BCUT2D eigenvalue weighted by atomic mass is 9.91. The van der Waals surface area contributed by atoms with E-state index in [4.69, 9.17) is 9.47 Å². The molecule has 1 heterocycles. The largest absolute Gasteiger partial charge is 0.490 e. The molecule has 0 spiro atoms. The van der Waals surface area contributed by atoms with Gasteiger partial charge in [-0.3, -0.25) is 9.59 Å².